The molecular formula is C16H19FN2O. The Morgan fingerprint density at radius 1 is 1.20 bits per heavy atom. The van der Waals surface area contributed by atoms with Gasteiger partial charge in [-0.2, -0.15) is 0 Å². The standard InChI is InChI=1S/C16H19FN2O/c1-11-3-14(9-19-8-11)10-20-16-6-13(4-12(2)18)5-15(17)7-16/h3,5-9,12H,4,10,18H2,1-2H3. The summed E-state index contributed by atoms with van der Waals surface area (Å²) in [5.41, 5.74) is 8.61. The predicted molar refractivity (Wildman–Crippen MR) is 77.1 cm³/mol. The molecule has 0 spiro atoms. The molecule has 0 radical (unpaired) electrons. The highest BCUT2D eigenvalue weighted by Crippen LogP contribution is 2.19. The lowest BCUT2D eigenvalue weighted by Crippen LogP contribution is -2.17. The highest BCUT2D eigenvalue weighted by Gasteiger charge is 2.05. The van der Waals surface area contributed by atoms with E-state index in [2.05, 4.69) is 4.98 Å². The molecule has 2 rings (SSSR count). The minimum atomic E-state index is -0.305. The van der Waals surface area contributed by atoms with E-state index in [1.807, 2.05) is 26.0 Å². The monoisotopic (exact) mass is 274 g/mol. The number of ether oxygens (including phenoxy) is 1. The Balaban J connectivity index is 2.07. The van der Waals surface area contributed by atoms with Crippen LogP contribution in [0.4, 0.5) is 4.39 Å². The molecule has 0 bridgehead atoms. The second-order valence-corrected chi connectivity index (χ2v) is 5.14. The molecule has 1 aromatic heterocycles. The highest BCUT2D eigenvalue weighted by atomic mass is 19.1. The van der Waals surface area contributed by atoms with Crippen LogP contribution in [0.15, 0.2) is 36.7 Å². The summed E-state index contributed by atoms with van der Waals surface area (Å²) >= 11 is 0. The number of nitrogens with zero attached hydrogens (tertiary/aromatic N) is 1. The Kier molecular flexibility index (Phi) is 4.69. The number of aryl methyl sites for hydroxylation is 1. The van der Waals surface area contributed by atoms with Crippen molar-refractivity contribution >= 4 is 0 Å². The summed E-state index contributed by atoms with van der Waals surface area (Å²) in [6.07, 6.45) is 4.15. The van der Waals surface area contributed by atoms with Gasteiger partial charge in [0.05, 0.1) is 0 Å². The maximum atomic E-state index is 13.5. The van der Waals surface area contributed by atoms with Crippen LogP contribution in [0.2, 0.25) is 0 Å². The van der Waals surface area contributed by atoms with E-state index in [9.17, 15) is 4.39 Å². The third-order valence-electron chi connectivity index (χ3n) is 2.83. The van der Waals surface area contributed by atoms with E-state index >= 15 is 0 Å². The van der Waals surface area contributed by atoms with Gasteiger partial charge in [0.25, 0.3) is 0 Å². The molecule has 1 unspecified atom stereocenters. The Bertz CT molecular complexity index is 584. The number of halogens is 1. The lowest BCUT2D eigenvalue weighted by atomic mass is 10.1. The largest absolute Gasteiger partial charge is 0.489 e. The fourth-order valence-electron chi connectivity index (χ4n) is 2.06. The first-order chi connectivity index (χ1) is 9.52. The minimum absolute atomic E-state index is 0.00868. The molecule has 2 aromatic rings. The molecule has 20 heavy (non-hydrogen) atoms. The van der Waals surface area contributed by atoms with Gasteiger partial charge in [-0.05, 0) is 49.6 Å². The van der Waals surface area contributed by atoms with Crippen LogP contribution >= 0.6 is 0 Å². The van der Waals surface area contributed by atoms with E-state index < -0.39 is 0 Å². The average molecular weight is 274 g/mol. The van der Waals surface area contributed by atoms with Gasteiger partial charge >= 0.3 is 0 Å². The Morgan fingerprint density at radius 3 is 2.70 bits per heavy atom. The Hall–Kier alpha value is -1.94. The average Bonchev–Trinajstić information content (AvgIpc) is 2.35. The summed E-state index contributed by atoms with van der Waals surface area (Å²) < 4.78 is 19.2. The summed E-state index contributed by atoms with van der Waals surface area (Å²) in [6.45, 7) is 4.24. The molecule has 106 valence electrons. The maximum Gasteiger partial charge on any atom is 0.127 e. The molecule has 3 nitrogen and oxygen atoms in total. The molecule has 0 amide bonds. The van der Waals surface area contributed by atoms with Crippen molar-refractivity contribution in [1.29, 1.82) is 0 Å². The molecule has 1 aromatic carbocycles. The quantitative estimate of drug-likeness (QED) is 0.911. The van der Waals surface area contributed by atoms with Crippen LogP contribution in [-0.4, -0.2) is 11.0 Å². The smallest absolute Gasteiger partial charge is 0.127 e. The van der Waals surface area contributed by atoms with Crippen molar-refractivity contribution in [2.75, 3.05) is 0 Å². The van der Waals surface area contributed by atoms with Crippen LogP contribution in [0, 0.1) is 12.7 Å². The summed E-state index contributed by atoms with van der Waals surface area (Å²) in [6, 6.07) is 6.69. The van der Waals surface area contributed by atoms with E-state index in [1.165, 1.54) is 12.1 Å². The molecule has 0 aliphatic rings. The number of rotatable bonds is 5. The number of benzene rings is 1. The molecule has 0 aliphatic carbocycles. The van der Waals surface area contributed by atoms with Crippen LogP contribution in [-0.2, 0) is 13.0 Å². The first-order valence-corrected chi connectivity index (χ1v) is 6.61. The van der Waals surface area contributed by atoms with Gasteiger partial charge in [-0.3, -0.25) is 4.98 Å². The van der Waals surface area contributed by atoms with Gasteiger partial charge in [0.1, 0.15) is 18.2 Å². The fourth-order valence-corrected chi connectivity index (χ4v) is 2.06. The molecule has 4 heteroatoms. The van der Waals surface area contributed by atoms with E-state index in [4.69, 9.17) is 10.5 Å². The number of pyridine rings is 1. The molecule has 1 heterocycles. The van der Waals surface area contributed by atoms with Crippen LogP contribution < -0.4 is 10.5 Å². The van der Waals surface area contributed by atoms with Gasteiger partial charge in [0, 0.05) is 30.1 Å². The first-order valence-electron chi connectivity index (χ1n) is 6.61. The Morgan fingerprint density at radius 2 is 2.00 bits per heavy atom. The van der Waals surface area contributed by atoms with E-state index in [1.54, 1.807) is 12.4 Å². The zero-order valence-corrected chi connectivity index (χ0v) is 11.8. The van der Waals surface area contributed by atoms with Crippen molar-refractivity contribution in [2.24, 2.45) is 5.73 Å². The zero-order chi connectivity index (χ0) is 14.5. The second-order valence-electron chi connectivity index (χ2n) is 5.14. The van der Waals surface area contributed by atoms with Gasteiger partial charge in [-0.15, -0.1) is 0 Å². The van der Waals surface area contributed by atoms with Crippen LogP contribution in [0.5, 0.6) is 5.75 Å². The van der Waals surface area contributed by atoms with E-state index in [0.717, 1.165) is 16.7 Å². The molecule has 0 saturated carbocycles. The minimum Gasteiger partial charge on any atom is -0.489 e. The molecule has 1 atom stereocenters. The lowest BCUT2D eigenvalue weighted by Gasteiger charge is -2.10. The zero-order valence-electron chi connectivity index (χ0n) is 11.8. The van der Waals surface area contributed by atoms with E-state index in [-0.39, 0.29) is 11.9 Å². The van der Waals surface area contributed by atoms with Gasteiger partial charge in [-0.25, -0.2) is 4.39 Å². The number of hydrogen-bond acceptors (Lipinski definition) is 3. The summed E-state index contributed by atoms with van der Waals surface area (Å²) in [4.78, 5) is 4.10. The van der Waals surface area contributed by atoms with Crippen molar-refractivity contribution in [3.8, 4) is 5.75 Å². The lowest BCUT2D eigenvalue weighted by molar-refractivity contribution is 0.303. The molecule has 2 N–H and O–H groups in total. The number of nitrogens with two attached hydrogens (primary N) is 1. The molecule has 0 fully saturated rings. The van der Waals surface area contributed by atoms with Gasteiger partial charge in [-0.1, -0.05) is 0 Å². The molecular weight excluding hydrogens is 255 g/mol. The maximum absolute atomic E-state index is 13.5. The number of hydrogen-bond donors (Lipinski definition) is 1. The summed E-state index contributed by atoms with van der Waals surface area (Å²) in [5, 5.41) is 0. The van der Waals surface area contributed by atoms with Gasteiger partial charge in [0.2, 0.25) is 0 Å². The highest BCUT2D eigenvalue weighted by molar-refractivity contribution is 5.30. The first kappa shape index (κ1) is 14.5. The fraction of sp³-hybridized carbons (Fsp3) is 0.312. The van der Waals surface area contributed by atoms with Crippen molar-refractivity contribution < 1.29 is 9.13 Å². The van der Waals surface area contributed by atoms with Crippen molar-refractivity contribution in [3.63, 3.8) is 0 Å². The van der Waals surface area contributed by atoms with E-state index in [0.29, 0.717) is 18.8 Å². The van der Waals surface area contributed by atoms with Crippen LogP contribution in [0.1, 0.15) is 23.6 Å². The van der Waals surface area contributed by atoms with Crippen molar-refractivity contribution in [3.05, 3.63) is 59.2 Å². The van der Waals surface area contributed by atoms with Gasteiger partial charge in [0.15, 0.2) is 0 Å². The third kappa shape index (κ3) is 4.31. The molecule has 0 aliphatic heterocycles. The SMILES string of the molecule is Cc1cncc(COc2cc(F)cc(CC(C)N)c2)c1. The van der Waals surface area contributed by atoms with Crippen LogP contribution in [0.3, 0.4) is 0 Å². The predicted octanol–water partition coefficient (Wildman–Crippen LogP) is 3.00. The normalized spacial score (nSPS) is 12.2. The topological polar surface area (TPSA) is 48.1 Å². The van der Waals surface area contributed by atoms with Gasteiger partial charge < -0.3 is 10.5 Å². The summed E-state index contributed by atoms with van der Waals surface area (Å²) in [5.74, 6) is 0.211. The Labute approximate surface area is 118 Å². The van der Waals surface area contributed by atoms with Crippen LogP contribution in [0.25, 0.3) is 0 Å². The number of aromatic nitrogens is 1. The second kappa shape index (κ2) is 6.48. The van der Waals surface area contributed by atoms with Crippen molar-refractivity contribution in [1.82, 2.24) is 4.98 Å². The van der Waals surface area contributed by atoms with Crippen molar-refractivity contribution in [2.45, 2.75) is 32.9 Å². The summed E-state index contributed by atoms with van der Waals surface area (Å²) in [7, 11) is 0. The molecule has 0 saturated heterocycles. The third-order valence-corrected chi connectivity index (χ3v) is 2.83.